The first kappa shape index (κ1) is 26.2. The highest BCUT2D eigenvalue weighted by molar-refractivity contribution is 6.11. The molecule has 4 rings (SSSR count). The Morgan fingerprint density at radius 3 is 2.70 bits per heavy atom. The molecule has 2 aromatic rings. The van der Waals surface area contributed by atoms with Crippen molar-refractivity contribution >= 4 is 40.3 Å². The van der Waals surface area contributed by atoms with Crippen molar-refractivity contribution in [1.29, 1.82) is 5.26 Å². The summed E-state index contributed by atoms with van der Waals surface area (Å²) in [4.78, 5) is 46.8. The topological polar surface area (TPSA) is 128 Å². The van der Waals surface area contributed by atoms with Gasteiger partial charge in [-0.1, -0.05) is 0 Å². The quantitative estimate of drug-likeness (QED) is 0.346. The van der Waals surface area contributed by atoms with Crippen molar-refractivity contribution in [2.75, 3.05) is 38.1 Å². The Morgan fingerprint density at radius 2 is 1.97 bits per heavy atom. The molecule has 2 atom stereocenters. The molecule has 2 aliphatic rings. The van der Waals surface area contributed by atoms with Gasteiger partial charge >= 0.3 is 5.97 Å². The number of amides is 2. The van der Waals surface area contributed by atoms with Crippen molar-refractivity contribution in [2.24, 2.45) is 10.9 Å². The van der Waals surface area contributed by atoms with E-state index in [1.807, 2.05) is 25.1 Å². The molecule has 2 aliphatic heterocycles. The van der Waals surface area contributed by atoms with Crippen molar-refractivity contribution in [3.63, 3.8) is 0 Å². The van der Waals surface area contributed by atoms with E-state index in [0.29, 0.717) is 24.2 Å². The number of benzene rings is 1. The minimum Gasteiger partial charge on any atom is -0.465 e. The highest BCUT2D eigenvalue weighted by atomic mass is 16.5. The zero-order chi connectivity index (χ0) is 26.4. The average molecular weight is 508 g/mol. The summed E-state index contributed by atoms with van der Waals surface area (Å²) in [5.41, 5.74) is 1.31. The largest absolute Gasteiger partial charge is 0.465 e. The highest BCUT2D eigenvalue weighted by Crippen LogP contribution is 2.24. The van der Waals surface area contributed by atoms with Crippen LogP contribution in [0.5, 0.6) is 0 Å². The van der Waals surface area contributed by atoms with Gasteiger partial charge < -0.3 is 24.3 Å². The number of furan rings is 1. The SMILES string of the molecule is CCOC(=O)C(C#N)C(=N[C@H]1CCCCN(CC(=O)N2CCCC2)C1=O)Nc1ccc2oc(C)cc2c1. The van der Waals surface area contributed by atoms with Gasteiger partial charge in [-0.25, -0.2) is 0 Å². The van der Waals surface area contributed by atoms with Crippen LogP contribution in [0.3, 0.4) is 0 Å². The number of nitrogens with one attached hydrogen (secondary N) is 1. The highest BCUT2D eigenvalue weighted by Gasteiger charge is 2.33. The fourth-order valence-corrected chi connectivity index (χ4v) is 4.79. The summed E-state index contributed by atoms with van der Waals surface area (Å²) in [7, 11) is 0. The predicted octanol–water partition coefficient (Wildman–Crippen LogP) is 3.26. The third-order valence-corrected chi connectivity index (χ3v) is 6.67. The number of amidine groups is 1. The number of aliphatic imine (C=N–C) groups is 1. The summed E-state index contributed by atoms with van der Waals surface area (Å²) in [6.07, 6.45) is 3.91. The van der Waals surface area contributed by atoms with E-state index in [-0.39, 0.29) is 30.8 Å². The Morgan fingerprint density at radius 1 is 1.22 bits per heavy atom. The Balaban J connectivity index is 1.62. The molecule has 3 heterocycles. The van der Waals surface area contributed by atoms with Crippen LogP contribution in [0.2, 0.25) is 0 Å². The molecular formula is C27H33N5O5. The van der Waals surface area contributed by atoms with Crippen molar-refractivity contribution in [2.45, 2.75) is 52.0 Å². The van der Waals surface area contributed by atoms with Gasteiger partial charge in [0.2, 0.25) is 17.7 Å². The summed E-state index contributed by atoms with van der Waals surface area (Å²) in [6, 6.07) is 8.42. The molecule has 1 N–H and O–H groups in total. The Hall–Kier alpha value is -3.87. The van der Waals surface area contributed by atoms with Crippen LogP contribution in [-0.2, 0) is 19.1 Å². The minimum absolute atomic E-state index is 0.0175. The number of aryl methyl sites for hydroxylation is 1. The van der Waals surface area contributed by atoms with E-state index in [1.165, 1.54) is 0 Å². The van der Waals surface area contributed by atoms with E-state index < -0.39 is 17.9 Å². The molecule has 2 saturated heterocycles. The van der Waals surface area contributed by atoms with E-state index in [2.05, 4.69) is 10.3 Å². The fraction of sp³-hybridized carbons (Fsp3) is 0.519. The molecule has 0 saturated carbocycles. The second-order valence-corrected chi connectivity index (χ2v) is 9.42. The number of carbonyl (C=O) groups is 3. The van der Waals surface area contributed by atoms with Crippen LogP contribution in [0.15, 0.2) is 33.7 Å². The third-order valence-electron chi connectivity index (χ3n) is 6.67. The van der Waals surface area contributed by atoms with Crippen molar-refractivity contribution < 1.29 is 23.5 Å². The van der Waals surface area contributed by atoms with Gasteiger partial charge in [-0.2, -0.15) is 5.26 Å². The number of likely N-dealkylation sites (tertiary alicyclic amines) is 2. The summed E-state index contributed by atoms with van der Waals surface area (Å²) < 4.78 is 10.7. The summed E-state index contributed by atoms with van der Waals surface area (Å²) in [6.45, 7) is 5.56. The number of fused-ring (bicyclic) bond motifs is 1. The third kappa shape index (κ3) is 6.28. The zero-order valence-corrected chi connectivity index (χ0v) is 21.4. The van der Waals surface area contributed by atoms with Crippen LogP contribution in [0.25, 0.3) is 11.0 Å². The Bertz CT molecular complexity index is 1220. The van der Waals surface area contributed by atoms with E-state index in [0.717, 1.165) is 49.9 Å². The van der Waals surface area contributed by atoms with Crippen LogP contribution < -0.4 is 5.32 Å². The van der Waals surface area contributed by atoms with Crippen molar-refractivity contribution in [1.82, 2.24) is 9.80 Å². The van der Waals surface area contributed by atoms with Gasteiger partial charge in [0.05, 0.1) is 19.2 Å². The number of esters is 1. The van der Waals surface area contributed by atoms with Crippen molar-refractivity contribution in [3.05, 3.63) is 30.0 Å². The molecule has 0 spiro atoms. The van der Waals surface area contributed by atoms with Gasteiger partial charge in [0.1, 0.15) is 23.2 Å². The average Bonchev–Trinajstić information content (AvgIpc) is 3.50. The molecule has 196 valence electrons. The number of nitrogens with zero attached hydrogens (tertiary/aromatic N) is 4. The number of rotatable bonds is 7. The van der Waals surface area contributed by atoms with E-state index in [1.54, 1.807) is 28.9 Å². The molecule has 1 aromatic heterocycles. The number of nitriles is 1. The molecule has 2 fully saturated rings. The summed E-state index contributed by atoms with van der Waals surface area (Å²) in [5, 5.41) is 13.8. The number of ether oxygens (including phenoxy) is 1. The first-order valence-corrected chi connectivity index (χ1v) is 12.9. The molecule has 0 radical (unpaired) electrons. The van der Waals surface area contributed by atoms with Crippen LogP contribution in [0, 0.1) is 24.2 Å². The minimum atomic E-state index is -1.34. The lowest BCUT2D eigenvalue weighted by molar-refractivity contribution is -0.144. The van der Waals surface area contributed by atoms with Gasteiger partial charge in [-0.3, -0.25) is 19.4 Å². The summed E-state index contributed by atoms with van der Waals surface area (Å²) in [5.74, 6) is -1.59. The Labute approximate surface area is 216 Å². The van der Waals surface area contributed by atoms with Gasteiger partial charge in [0.25, 0.3) is 0 Å². The lowest BCUT2D eigenvalue weighted by atomic mass is 10.1. The molecule has 10 nitrogen and oxygen atoms in total. The van der Waals surface area contributed by atoms with Gasteiger partial charge in [0.15, 0.2) is 0 Å². The monoisotopic (exact) mass is 507 g/mol. The number of anilines is 1. The maximum absolute atomic E-state index is 13.5. The maximum atomic E-state index is 13.5. The standard InChI is InChI=1S/C27H33N5O5/c1-3-36-27(35)21(16-28)25(29-20-9-10-23-19(15-20)14-18(2)37-23)30-22-8-4-5-13-32(26(22)34)17-24(33)31-11-6-7-12-31/h9-10,14-15,21-22H,3-8,11-13,17H2,1-2H3,(H,29,30)/t21?,22-/m0/s1. The molecule has 37 heavy (non-hydrogen) atoms. The molecule has 1 unspecified atom stereocenters. The van der Waals surface area contributed by atoms with Crippen LogP contribution >= 0.6 is 0 Å². The van der Waals surface area contributed by atoms with Crippen LogP contribution in [-0.4, -0.2) is 72.2 Å². The van der Waals surface area contributed by atoms with Crippen LogP contribution in [0.4, 0.5) is 5.69 Å². The van der Waals surface area contributed by atoms with Gasteiger partial charge in [-0.15, -0.1) is 0 Å². The van der Waals surface area contributed by atoms with E-state index >= 15 is 0 Å². The molecule has 1 aromatic carbocycles. The lowest BCUT2D eigenvalue weighted by Crippen LogP contribution is -2.45. The predicted molar refractivity (Wildman–Crippen MR) is 138 cm³/mol. The second kappa shape index (κ2) is 11.9. The Kier molecular flexibility index (Phi) is 8.43. The number of hydrogen-bond acceptors (Lipinski definition) is 7. The first-order valence-electron chi connectivity index (χ1n) is 12.9. The molecule has 2 amide bonds. The van der Waals surface area contributed by atoms with Crippen molar-refractivity contribution in [3.8, 4) is 6.07 Å². The second-order valence-electron chi connectivity index (χ2n) is 9.42. The van der Waals surface area contributed by atoms with E-state index in [9.17, 15) is 19.6 Å². The molecule has 0 bridgehead atoms. The first-order chi connectivity index (χ1) is 17.9. The number of carbonyl (C=O) groups excluding carboxylic acids is 3. The zero-order valence-electron chi connectivity index (χ0n) is 21.4. The fourth-order valence-electron chi connectivity index (χ4n) is 4.79. The molecular weight excluding hydrogens is 474 g/mol. The molecule has 0 aliphatic carbocycles. The maximum Gasteiger partial charge on any atom is 0.331 e. The van der Waals surface area contributed by atoms with Gasteiger partial charge in [-0.05, 0) is 70.2 Å². The van der Waals surface area contributed by atoms with Gasteiger partial charge in [0, 0.05) is 30.7 Å². The normalized spacial score (nSPS) is 19.4. The smallest absolute Gasteiger partial charge is 0.331 e. The summed E-state index contributed by atoms with van der Waals surface area (Å²) >= 11 is 0. The van der Waals surface area contributed by atoms with Crippen LogP contribution in [0.1, 0.15) is 44.8 Å². The molecule has 10 heteroatoms. The number of hydrogen-bond donors (Lipinski definition) is 1. The van der Waals surface area contributed by atoms with E-state index in [4.69, 9.17) is 9.15 Å². The lowest BCUT2D eigenvalue weighted by Gasteiger charge is -2.25.